The van der Waals surface area contributed by atoms with Crippen molar-refractivity contribution in [1.82, 2.24) is 0 Å². The van der Waals surface area contributed by atoms with Gasteiger partial charge in [-0.3, -0.25) is 28.8 Å². The molecule has 0 bridgehead atoms. The van der Waals surface area contributed by atoms with Crippen molar-refractivity contribution in [3.8, 4) is 0 Å². The first kappa shape index (κ1) is 59.9. The van der Waals surface area contributed by atoms with Crippen LogP contribution in [0.3, 0.4) is 0 Å². The molecule has 0 rings (SSSR count). The van der Waals surface area contributed by atoms with Crippen LogP contribution in [0.15, 0.2) is 121 Å². The van der Waals surface area contributed by atoms with Crippen LogP contribution in [-0.2, 0) is 28.8 Å². The number of halogens is 2. The molecule has 0 heterocycles. The van der Waals surface area contributed by atoms with Crippen molar-refractivity contribution in [3.05, 3.63) is 121 Å². The number of ketones is 6. The van der Waals surface area contributed by atoms with E-state index in [9.17, 15) is 28.8 Å². The van der Waals surface area contributed by atoms with Crippen LogP contribution in [-0.4, -0.2) is 44.9 Å². The van der Waals surface area contributed by atoms with Crippen molar-refractivity contribution in [2.75, 3.05) is 0 Å². The molecule has 0 aliphatic carbocycles. The highest BCUT2D eigenvalue weighted by atomic mass is 128. The van der Waals surface area contributed by atoms with E-state index in [1.54, 1.807) is 104 Å². The summed E-state index contributed by atoms with van der Waals surface area (Å²) in [5, 5.41) is 17.9. The van der Waals surface area contributed by atoms with Crippen molar-refractivity contribution in [1.29, 1.82) is 0 Å². The van der Waals surface area contributed by atoms with Gasteiger partial charge in [0.1, 0.15) is 11.5 Å². The summed E-state index contributed by atoms with van der Waals surface area (Å²) in [6.45, 7) is 14.0. The SMILES string of the molecule is C.C.C/C=C/C(=O)/C=C(O)/C=C/C.C/C=C/C(=O)/C=C(O)/C=C/C.C/C=C/C(=O)CC(=O)/C=C/C.C/C=C/C(=O)CC(=O)/C=C/C.II. The van der Waals surface area contributed by atoms with Crippen LogP contribution in [0.2, 0.25) is 0 Å². The lowest BCUT2D eigenvalue weighted by Gasteiger charge is -1.87. The summed E-state index contributed by atoms with van der Waals surface area (Å²) < 4.78 is 0. The Kier molecular flexibility index (Phi) is 59.7. The van der Waals surface area contributed by atoms with Gasteiger partial charge < -0.3 is 10.2 Å². The summed E-state index contributed by atoms with van der Waals surface area (Å²) in [4.78, 5) is 64.7. The van der Waals surface area contributed by atoms with E-state index >= 15 is 0 Å². The summed E-state index contributed by atoms with van der Waals surface area (Å²) in [7, 11) is 0. The Morgan fingerprint density at radius 1 is 0.396 bits per heavy atom. The Hall–Kier alpha value is -3.52. The Balaban J connectivity index is -0.0000000904. The van der Waals surface area contributed by atoms with Gasteiger partial charge in [-0.2, -0.15) is 0 Å². The normalized spacial score (nSPS) is 11.2. The molecule has 0 fully saturated rings. The van der Waals surface area contributed by atoms with Crippen LogP contribution in [0, 0.1) is 0 Å². The Morgan fingerprint density at radius 3 is 0.750 bits per heavy atom. The van der Waals surface area contributed by atoms with Crippen LogP contribution in [0.5, 0.6) is 0 Å². The van der Waals surface area contributed by atoms with Crippen molar-refractivity contribution in [3.63, 3.8) is 0 Å². The molecule has 0 aliphatic heterocycles. The van der Waals surface area contributed by atoms with Gasteiger partial charge in [-0.1, -0.05) is 63.5 Å². The van der Waals surface area contributed by atoms with Gasteiger partial charge in [0.25, 0.3) is 0 Å². The van der Waals surface area contributed by atoms with Gasteiger partial charge in [-0.25, -0.2) is 0 Å². The second-order valence-corrected chi connectivity index (χ2v) is 8.16. The summed E-state index contributed by atoms with van der Waals surface area (Å²) in [5.41, 5.74) is 0. The Labute approximate surface area is 312 Å². The number of aliphatic hydroxyl groups is 2. The quantitative estimate of drug-likeness (QED) is 0.0577. The average molecular weight is 895 g/mol. The predicted octanol–water partition coefficient (Wildman–Crippen LogP) is 10.7. The molecule has 270 valence electrons. The molecule has 0 atom stereocenters. The zero-order valence-electron chi connectivity index (χ0n) is 27.9. The summed E-state index contributed by atoms with van der Waals surface area (Å²) in [6, 6.07) is 0. The first-order chi connectivity index (χ1) is 21.8. The Morgan fingerprint density at radius 2 is 0.583 bits per heavy atom. The maximum atomic E-state index is 10.8. The number of carbonyl (C=O) groups excluding carboxylic acids is 6. The zero-order valence-corrected chi connectivity index (χ0v) is 32.2. The van der Waals surface area contributed by atoms with E-state index < -0.39 is 0 Å². The van der Waals surface area contributed by atoms with Crippen molar-refractivity contribution < 1.29 is 39.0 Å². The van der Waals surface area contributed by atoms with E-state index in [0.29, 0.717) is 0 Å². The fraction of sp³-hybridized carbons (Fsp3) is 0.316. The third-order valence-electron chi connectivity index (χ3n) is 4.02. The van der Waals surface area contributed by atoms with Crippen LogP contribution in [0.4, 0.5) is 0 Å². The highest BCUT2D eigenvalue weighted by Gasteiger charge is 2.02. The summed E-state index contributed by atoms with van der Waals surface area (Å²) in [6.07, 6.45) is 26.7. The minimum atomic E-state index is -0.205. The molecular weight excluding hydrogens is 838 g/mol. The van der Waals surface area contributed by atoms with Crippen molar-refractivity contribution >= 4 is 71.9 Å². The van der Waals surface area contributed by atoms with Gasteiger partial charge in [-0.05, 0) is 104 Å². The van der Waals surface area contributed by atoms with E-state index in [-0.39, 0.29) is 73.9 Å². The monoisotopic (exact) mass is 894 g/mol. The molecule has 0 aliphatic rings. The molecule has 2 N–H and O–H groups in total. The standard InChI is InChI=1S/4C9H12O2.2CH4.I2/c4*1-3-5-8(10)7-9(11)6-4-2;;;1-2/h2*3-6H,7H2,1-2H3;2*3-7,10H,1-2H3;2*1H4;/b2*5-3+,6-4+;2*5-3+,6-4+,8-7-;;;. The molecule has 0 unspecified atom stereocenters. The smallest absolute Gasteiger partial charge is 0.181 e. The van der Waals surface area contributed by atoms with Gasteiger partial charge in [0.15, 0.2) is 34.7 Å². The molecule has 0 aromatic rings. The third kappa shape index (κ3) is 54.9. The number of hydrogen-bond donors (Lipinski definition) is 2. The van der Waals surface area contributed by atoms with Gasteiger partial charge in [-0.15, -0.1) is 0 Å². The van der Waals surface area contributed by atoms with E-state index in [0.717, 1.165) is 0 Å². The molecule has 0 radical (unpaired) electrons. The maximum absolute atomic E-state index is 10.8. The maximum Gasteiger partial charge on any atom is 0.181 e. The summed E-state index contributed by atoms with van der Waals surface area (Å²) in [5.74, 6) is -1.02. The lowest BCUT2D eigenvalue weighted by Crippen LogP contribution is -2.01. The van der Waals surface area contributed by atoms with E-state index in [1.165, 1.54) is 60.8 Å². The largest absolute Gasteiger partial charge is 0.508 e. The van der Waals surface area contributed by atoms with Gasteiger partial charge in [0, 0.05) is 49.4 Å². The Bertz CT molecular complexity index is 1070. The van der Waals surface area contributed by atoms with Gasteiger partial charge in [0.2, 0.25) is 0 Å². The van der Waals surface area contributed by atoms with E-state index in [2.05, 4.69) is 37.2 Å². The fourth-order valence-electron chi connectivity index (χ4n) is 2.48. The topological polar surface area (TPSA) is 143 Å². The molecule has 0 aromatic heterocycles. The highest BCUT2D eigenvalue weighted by molar-refractivity contribution is 15.0. The fourth-order valence-corrected chi connectivity index (χ4v) is 2.48. The summed E-state index contributed by atoms with van der Waals surface area (Å²) >= 11 is 4.24. The molecule has 8 nitrogen and oxygen atoms in total. The van der Waals surface area contributed by atoms with Crippen molar-refractivity contribution in [2.45, 2.75) is 83.1 Å². The molecule has 0 spiro atoms. The first-order valence-electron chi connectivity index (χ1n) is 14.0. The second-order valence-electron chi connectivity index (χ2n) is 8.16. The lowest BCUT2D eigenvalue weighted by atomic mass is 10.2. The minimum Gasteiger partial charge on any atom is -0.508 e. The average Bonchev–Trinajstić information content (AvgIpc) is 2.96. The highest BCUT2D eigenvalue weighted by Crippen LogP contribution is 1.93. The molecule has 0 amide bonds. The molecular formula is C38H56I2O8. The van der Waals surface area contributed by atoms with Crippen LogP contribution < -0.4 is 0 Å². The molecule has 10 heteroatoms. The molecule has 48 heavy (non-hydrogen) atoms. The number of rotatable bonds is 14. The molecule has 0 saturated carbocycles. The van der Waals surface area contributed by atoms with Gasteiger partial charge >= 0.3 is 0 Å². The second kappa shape index (κ2) is 47.9. The van der Waals surface area contributed by atoms with Crippen LogP contribution in [0.1, 0.15) is 83.1 Å². The number of allylic oxidation sites excluding steroid dienone is 18. The zero-order chi connectivity index (χ0) is 36.8. The minimum absolute atomic E-state index is 0. The van der Waals surface area contributed by atoms with Crippen LogP contribution in [0.25, 0.3) is 0 Å². The van der Waals surface area contributed by atoms with Gasteiger partial charge in [0.05, 0.1) is 12.8 Å². The first-order valence-corrected chi connectivity index (χ1v) is 20.3. The van der Waals surface area contributed by atoms with Crippen LogP contribution >= 0.6 is 37.2 Å². The third-order valence-corrected chi connectivity index (χ3v) is 4.02. The van der Waals surface area contributed by atoms with E-state index in [1.807, 2.05) is 0 Å². The molecule has 0 aromatic carbocycles. The predicted molar refractivity (Wildman–Crippen MR) is 221 cm³/mol. The van der Waals surface area contributed by atoms with E-state index in [4.69, 9.17) is 10.2 Å². The number of hydrogen-bond acceptors (Lipinski definition) is 8. The number of aliphatic hydroxyl groups excluding tert-OH is 2. The van der Waals surface area contributed by atoms with Crippen molar-refractivity contribution in [2.24, 2.45) is 0 Å². The lowest BCUT2D eigenvalue weighted by molar-refractivity contribution is -0.123. The molecule has 0 saturated heterocycles. The number of carbonyl (C=O) groups is 6.